The molecule has 3 rings (SSSR count). The summed E-state index contributed by atoms with van der Waals surface area (Å²) in [6, 6.07) is 11.2. The van der Waals surface area contributed by atoms with Gasteiger partial charge in [-0.15, -0.1) is 0 Å². The lowest BCUT2D eigenvalue weighted by Gasteiger charge is -1.90. The van der Waals surface area contributed by atoms with Gasteiger partial charge in [-0.2, -0.15) is 0 Å². The van der Waals surface area contributed by atoms with Gasteiger partial charge in [0.15, 0.2) is 12.0 Å². The number of fused-ring (bicyclic) bond motifs is 1. The molecule has 0 amide bonds. The summed E-state index contributed by atoms with van der Waals surface area (Å²) in [6.45, 7) is 0. The third kappa shape index (κ3) is 2.98. The zero-order valence-electron chi connectivity index (χ0n) is 8.98. The predicted octanol–water partition coefficient (Wildman–Crippen LogP) is 2.72. The molecule has 1 aromatic carbocycles. The van der Waals surface area contributed by atoms with Gasteiger partial charge >= 0.3 is 0 Å². The van der Waals surface area contributed by atoms with Crippen LogP contribution in [0.2, 0.25) is 0 Å². The third-order valence-electron chi connectivity index (χ3n) is 2.07. The summed E-state index contributed by atoms with van der Waals surface area (Å²) in [6.07, 6.45) is 5.49. The molecule has 0 unspecified atom stereocenters. The fourth-order valence-electron chi connectivity index (χ4n) is 1.28. The van der Waals surface area contributed by atoms with Crippen LogP contribution in [0.4, 0.5) is 0 Å². The average molecular weight is 226 g/mol. The van der Waals surface area contributed by atoms with Crippen molar-refractivity contribution in [2.45, 2.75) is 0 Å². The van der Waals surface area contributed by atoms with Crippen molar-refractivity contribution in [2.24, 2.45) is 0 Å². The van der Waals surface area contributed by atoms with Crippen LogP contribution in [0.3, 0.4) is 0 Å². The predicted molar refractivity (Wildman–Crippen MR) is 63.6 cm³/mol. The highest BCUT2D eigenvalue weighted by atomic mass is 16.3. The Balaban J connectivity index is 0.000000136. The van der Waals surface area contributed by atoms with Gasteiger partial charge in [-0.1, -0.05) is 18.2 Å². The molecule has 3 aromatic rings. The van der Waals surface area contributed by atoms with E-state index in [-0.39, 0.29) is 0 Å². The first-order valence-electron chi connectivity index (χ1n) is 5.03. The van der Waals surface area contributed by atoms with Crippen LogP contribution >= 0.6 is 0 Å². The second kappa shape index (κ2) is 5.55. The van der Waals surface area contributed by atoms with Gasteiger partial charge in [-0.3, -0.25) is 4.79 Å². The quantitative estimate of drug-likeness (QED) is 0.598. The molecule has 0 bridgehead atoms. The third-order valence-corrected chi connectivity index (χ3v) is 2.07. The van der Waals surface area contributed by atoms with Crippen molar-refractivity contribution < 1.29 is 9.21 Å². The number of rotatable bonds is 1. The molecule has 84 valence electrons. The first-order chi connectivity index (χ1) is 8.40. The number of hydrogen-bond donors (Lipinski definition) is 0. The number of aromatic nitrogens is 2. The van der Waals surface area contributed by atoms with Crippen LogP contribution in [0.15, 0.2) is 59.6 Å². The summed E-state index contributed by atoms with van der Waals surface area (Å²) < 4.78 is 4.61. The minimum atomic E-state index is 0.375. The van der Waals surface area contributed by atoms with Crippen molar-refractivity contribution in [2.75, 3.05) is 0 Å². The average Bonchev–Trinajstić information content (AvgIpc) is 2.93. The van der Waals surface area contributed by atoms with E-state index in [0.717, 1.165) is 10.9 Å². The number of carbonyl (C=O) groups is 1. The van der Waals surface area contributed by atoms with Crippen molar-refractivity contribution in [3.63, 3.8) is 0 Å². The fraction of sp³-hybridized carbons (Fsp3) is 0. The number of furan rings is 1. The lowest BCUT2D eigenvalue weighted by molar-refractivity contribution is 0.110. The normalized spacial score (nSPS) is 9.41. The van der Waals surface area contributed by atoms with Gasteiger partial charge in [0, 0.05) is 11.6 Å². The van der Waals surface area contributed by atoms with Gasteiger partial charge in [0.1, 0.15) is 6.33 Å². The Labute approximate surface area is 97.9 Å². The van der Waals surface area contributed by atoms with Crippen LogP contribution in [0.25, 0.3) is 10.9 Å². The molecule has 17 heavy (non-hydrogen) atoms. The zero-order valence-corrected chi connectivity index (χ0v) is 8.98. The highest BCUT2D eigenvalue weighted by Crippen LogP contribution is 2.06. The number of hydrogen-bond acceptors (Lipinski definition) is 4. The van der Waals surface area contributed by atoms with E-state index in [4.69, 9.17) is 0 Å². The molecule has 0 aliphatic heterocycles. The summed E-state index contributed by atoms with van der Waals surface area (Å²) >= 11 is 0. The molecule has 0 saturated heterocycles. The van der Waals surface area contributed by atoms with E-state index in [1.165, 1.54) is 6.26 Å². The van der Waals surface area contributed by atoms with Crippen LogP contribution in [-0.4, -0.2) is 16.3 Å². The van der Waals surface area contributed by atoms with E-state index in [0.29, 0.717) is 12.0 Å². The summed E-state index contributed by atoms with van der Waals surface area (Å²) in [5.41, 5.74) is 0.998. The maximum Gasteiger partial charge on any atom is 0.185 e. The van der Waals surface area contributed by atoms with E-state index in [1.54, 1.807) is 18.5 Å². The molecule has 0 aliphatic rings. The van der Waals surface area contributed by atoms with Crippen molar-refractivity contribution in [1.82, 2.24) is 9.97 Å². The number of nitrogens with zero attached hydrogens (tertiary/aromatic N) is 2. The molecule has 0 fully saturated rings. The molecule has 4 nitrogen and oxygen atoms in total. The molecular weight excluding hydrogens is 216 g/mol. The first kappa shape index (κ1) is 11.0. The van der Waals surface area contributed by atoms with Crippen molar-refractivity contribution in [3.05, 3.63) is 60.9 Å². The fourth-order valence-corrected chi connectivity index (χ4v) is 1.28. The van der Waals surface area contributed by atoms with E-state index < -0.39 is 0 Å². The van der Waals surface area contributed by atoms with Crippen molar-refractivity contribution >= 4 is 17.2 Å². The molecule has 0 N–H and O–H groups in total. The van der Waals surface area contributed by atoms with Gasteiger partial charge in [-0.05, 0) is 18.2 Å². The van der Waals surface area contributed by atoms with Crippen LogP contribution in [0.1, 0.15) is 10.6 Å². The smallest absolute Gasteiger partial charge is 0.185 e. The molecule has 4 heteroatoms. The molecule has 0 spiro atoms. The van der Waals surface area contributed by atoms with Gasteiger partial charge in [-0.25, -0.2) is 9.97 Å². The Morgan fingerprint density at radius 3 is 2.65 bits per heavy atom. The van der Waals surface area contributed by atoms with Gasteiger partial charge in [0.2, 0.25) is 0 Å². The minimum Gasteiger partial charge on any atom is -0.462 e. The number of benzene rings is 1. The molecule has 0 radical (unpaired) electrons. The molecule has 2 aromatic heterocycles. The van der Waals surface area contributed by atoms with E-state index in [2.05, 4.69) is 14.4 Å². The Morgan fingerprint density at radius 2 is 2.00 bits per heavy atom. The minimum absolute atomic E-state index is 0.375. The van der Waals surface area contributed by atoms with E-state index in [1.807, 2.05) is 30.5 Å². The molecule has 2 heterocycles. The maximum absolute atomic E-state index is 9.77. The molecule has 0 atom stereocenters. The van der Waals surface area contributed by atoms with E-state index >= 15 is 0 Å². The second-order valence-corrected chi connectivity index (χ2v) is 3.21. The Hall–Kier alpha value is -2.49. The van der Waals surface area contributed by atoms with Crippen LogP contribution in [0, 0.1) is 0 Å². The Morgan fingerprint density at radius 1 is 1.12 bits per heavy atom. The van der Waals surface area contributed by atoms with Crippen LogP contribution in [0.5, 0.6) is 0 Å². The van der Waals surface area contributed by atoms with E-state index in [9.17, 15) is 4.79 Å². The largest absolute Gasteiger partial charge is 0.462 e. The van der Waals surface area contributed by atoms with Gasteiger partial charge < -0.3 is 4.42 Å². The zero-order chi connectivity index (χ0) is 11.9. The topological polar surface area (TPSA) is 56.0 Å². The maximum atomic E-state index is 9.77. The highest BCUT2D eigenvalue weighted by molar-refractivity contribution is 5.76. The number of aldehydes is 1. The van der Waals surface area contributed by atoms with Crippen LogP contribution in [-0.2, 0) is 0 Å². The van der Waals surface area contributed by atoms with Crippen molar-refractivity contribution in [3.8, 4) is 0 Å². The summed E-state index contributed by atoms with van der Waals surface area (Å²) in [4.78, 5) is 17.7. The molecule has 0 aliphatic carbocycles. The first-order valence-corrected chi connectivity index (χ1v) is 5.03. The Kier molecular flexibility index (Phi) is 3.60. The summed E-state index contributed by atoms with van der Waals surface area (Å²) in [5.74, 6) is 0.375. The van der Waals surface area contributed by atoms with Crippen LogP contribution < -0.4 is 0 Å². The molecular formula is C13H10N2O2. The standard InChI is InChI=1S/C8H6N2.C5H4O2/c1-2-4-8-7(3-1)5-9-6-10-8;6-4-5-2-1-3-7-5/h1-6H;1-4H. The molecule has 0 saturated carbocycles. The number of carbonyl (C=O) groups excluding carboxylic acids is 1. The Bertz CT molecular complexity index is 526. The number of para-hydroxylation sites is 1. The van der Waals surface area contributed by atoms with Gasteiger partial charge in [0.25, 0.3) is 0 Å². The summed E-state index contributed by atoms with van der Waals surface area (Å²) in [5, 5.41) is 1.09. The van der Waals surface area contributed by atoms with Crippen molar-refractivity contribution in [1.29, 1.82) is 0 Å². The second-order valence-electron chi connectivity index (χ2n) is 3.21. The SMILES string of the molecule is O=Cc1ccco1.c1ccc2ncncc2c1. The van der Waals surface area contributed by atoms with Gasteiger partial charge in [0.05, 0.1) is 11.8 Å². The lowest BCUT2D eigenvalue weighted by atomic mass is 10.2. The summed E-state index contributed by atoms with van der Waals surface area (Å²) in [7, 11) is 0. The highest BCUT2D eigenvalue weighted by Gasteiger charge is 1.87. The monoisotopic (exact) mass is 226 g/mol. The lowest BCUT2D eigenvalue weighted by Crippen LogP contribution is -1.77.